The molecule has 3 N–H and O–H groups in total. The van der Waals surface area contributed by atoms with E-state index in [1.807, 2.05) is 0 Å². The quantitative estimate of drug-likeness (QED) is 0.0169. The fraction of sp³-hybridized carbons (Fsp3) is 0.910. The van der Waals surface area contributed by atoms with Gasteiger partial charge in [0.05, 0.1) is 26.4 Å². The molecule has 0 spiro atoms. The first-order chi connectivity index (χ1) is 52.6. The molecule has 0 amide bonds. The predicted octanol–water partition coefficient (Wildman–Crippen LogP) is 27.1. The zero-order valence-corrected chi connectivity index (χ0v) is 72.3. The van der Waals surface area contributed by atoms with Gasteiger partial charge in [-0.15, -0.1) is 0 Å². The van der Waals surface area contributed by atoms with Crippen LogP contribution >= 0.6 is 15.6 Å². The molecule has 0 fully saturated rings. The number of hydrogen-bond donors (Lipinski definition) is 3. The summed E-state index contributed by atoms with van der Waals surface area (Å²) in [7, 11) is -9.94. The highest BCUT2D eigenvalue weighted by molar-refractivity contribution is 7.47. The lowest BCUT2D eigenvalue weighted by atomic mass is 9.99. The first kappa shape index (κ1) is 106. The summed E-state index contributed by atoms with van der Waals surface area (Å²) in [5.74, 6) is -1.26. The predicted molar refractivity (Wildman–Crippen MR) is 446 cm³/mol. The molecule has 0 aromatic heterocycles. The topological polar surface area (TPSA) is 237 Å². The number of allylic oxidation sites excluding steroid dienone is 4. The van der Waals surface area contributed by atoms with E-state index in [1.54, 1.807) is 0 Å². The van der Waals surface area contributed by atoms with E-state index >= 15 is 0 Å². The number of aliphatic hydroxyl groups excluding tert-OH is 1. The first-order valence-corrected chi connectivity index (χ1v) is 48.5. The number of aliphatic hydroxyl groups is 1. The second kappa shape index (κ2) is 81.1. The van der Waals surface area contributed by atoms with Gasteiger partial charge in [-0.2, -0.15) is 0 Å². The molecular formula is C89H170O17P2. The average Bonchev–Trinajstić information content (AvgIpc) is 0.904. The van der Waals surface area contributed by atoms with Crippen molar-refractivity contribution in [1.82, 2.24) is 0 Å². The van der Waals surface area contributed by atoms with Crippen LogP contribution in [0.2, 0.25) is 0 Å². The lowest BCUT2D eigenvalue weighted by molar-refractivity contribution is -0.161. The minimum Gasteiger partial charge on any atom is -0.462 e. The number of carbonyl (C=O) groups excluding carboxylic acids is 4. The molecule has 0 rings (SSSR count). The minimum absolute atomic E-state index is 0.0858. The van der Waals surface area contributed by atoms with Gasteiger partial charge >= 0.3 is 39.5 Å². The van der Waals surface area contributed by atoms with Crippen molar-refractivity contribution in [1.29, 1.82) is 0 Å². The molecule has 0 aromatic rings. The summed E-state index contributed by atoms with van der Waals surface area (Å²) < 4.78 is 68.9. The molecule has 6 atom stereocenters. The van der Waals surface area contributed by atoms with E-state index in [2.05, 4.69) is 58.9 Å². The smallest absolute Gasteiger partial charge is 0.462 e. The molecule has 108 heavy (non-hydrogen) atoms. The Hall–Kier alpha value is -2.46. The van der Waals surface area contributed by atoms with Crippen molar-refractivity contribution in [3.63, 3.8) is 0 Å². The Bertz CT molecular complexity index is 2150. The summed E-state index contributed by atoms with van der Waals surface area (Å²) >= 11 is 0. The molecule has 17 nitrogen and oxygen atoms in total. The third-order valence-corrected chi connectivity index (χ3v) is 22.7. The summed E-state index contributed by atoms with van der Waals surface area (Å²) in [6.45, 7) is 7.37. The number of carbonyl (C=O) groups is 4. The Morgan fingerprint density at radius 3 is 0.787 bits per heavy atom. The Kier molecular flexibility index (Phi) is 79.3. The summed E-state index contributed by atoms with van der Waals surface area (Å²) in [6, 6.07) is 0. The SMILES string of the molecule is CCCCCC/C=C\C=C/CCCCCCCC(=O)O[C@H](COC(=O)CCCCCCCCCCCCC)COP(=O)(O)OC[C@H](O)COP(=O)(O)OC[C@@H](COC(=O)CCCCCCCCCCCCCCCCCCCCCC)OC(=O)CCCCCCCCCCCCCCCCCCCCC(C)CC. The van der Waals surface area contributed by atoms with Crippen molar-refractivity contribution in [2.24, 2.45) is 5.92 Å². The fourth-order valence-electron chi connectivity index (χ4n) is 13.4. The average molecular weight is 1570 g/mol. The van der Waals surface area contributed by atoms with Crippen LogP contribution < -0.4 is 0 Å². The van der Waals surface area contributed by atoms with Crippen LogP contribution in [0.1, 0.15) is 458 Å². The summed E-state index contributed by atoms with van der Waals surface area (Å²) in [4.78, 5) is 73.3. The van der Waals surface area contributed by atoms with Crippen molar-refractivity contribution in [2.45, 2.75) is 477 Å². The summed E-state index contributed by atoms with van der Waals surface area (Å²) in [5, 5.41) is 10.7. The fourth-order valence-corrected chi connectivity index (χ4v) is 15.0. The normalized spacial score (nSPS) is 14.1. The van der Waals surface area contributed by atoms with Crippen LogP contribution in [-0.2, 0) is 65.4 Å². The van der Waals surface area contributed by atoms with Crippen LogP contribution in [0.5, 0.6) is 0 Å². The van der Waals surface area contributed by atoms with E-state index < -0.39 is 97.5 Å². The molecule has 0 saturated carbocycles. The van der Waals surface area contributed by atoms with E-state index in [1.165, 1.54) is 270 Å². The van der Waals surface area contributed by atoms with Gasteiger partial charge in [-0.3, -0.25) is 37.3 Å². The van der Waals surface area contributed by atoms with Crippen molar-refractivity contribution in [2.75, 3.05) is 39.6 Å². The molecule has 3 unspecified atom stereocenters. The molecular weight excluding hydrogens is 1400 g/mol. The number of ether oxygens (including phenoxy) is 4. The van der Waals surface area contributed by atoms with E-state index in [-0.39, 0.29) is 25.7 Å². The van der Waals surface area contributed by atoms with Crippen LogP contribution in [0, 0.1) is 5.92 Å². The summed E-state index contributed by atoms with van der Waals surface area (Å²) in [6.07, 6.45) is 78.6. The maximum absolute atomic E-state index is 13.2. The molecule has 0 saturated heterocycles. The molecule has 0 heterocycles. The van der Waals surface area contributed by atoms with E-state index in [0.29, 0.717) is 25.7 Å². The van der Waals surface area contributed by atoms with Gasteiger partial charge in [0.2, 0.25) is 0 Å². The highest BCUT2D eigenvalue weighted by Gasteiger charge is 2.30. The molecule has 0 aliphatic rings. The van der Waals surface area contributed by atoms with Crippen molar-refractivity contribution in [3.05, 3.63) is 24.3 Å². The monoisotopic (exact) mass is 1570 g/mol. The number of rotatable bonds is 87. The van der Waals surface area contributed by atoms with E-state index in [9.17, 15) is 43.2 Å². The number of unbranched alkanes of at least 4 members (excludes halogenated alkanes) is 55. The third-order valence-electron chi connectivity index (χ3n) is 20.8. The zero-order chi connectivity index (χ0) is 79.0. The molecule has 19 heteroatoms. The van der Waals surface area contributed by atoms with Crippen LogP contribution in [0.15, 0.2) is 24.3 Å². The molecule has 638 valence electrons. The molecule has 0 radical (unpaired) electrons. The van der Waals surface area contributed by atoms with Crippen LogP contribution in [0.25, 0.3) is 0 Å². The van der Waals surface area contributed by atoms with Crippen LogP contribution in [0.3, 0.4) is 0 Å². The van der Waals surface area contributed by atoms with Gasteiger partial charge in [0.15, 0.2) is 12.2 Å². The number of phosphoric acid groups is 2. The van der Waals surface area contributed by atoms with Crippen LogP contribution in [0.4, 0.5) is 0 Å². The Morgan fingerprint density at radius 2 is 0.519 bits per heavy atom. The standard InChI is InChI=1S/C89H170O17P2/c1-6-10-13-16-19-22-25-27-29-30-31-32-36-40-43-48-53-58-63-68-73-87(92)100-79-85(106-89(94)75-70-65-60-55-50-45-41-37-34-33-35-39-42-47-51-56-61-66-71-82(5)9-4)81-104-108(97,98)102-77-83(90)76-101-107(95,96)103-80-84(78-99-86(91)72-67-62-57-52-46-24-21-18-15-12-8-3)105-88(93)74-69-64-59-54-49-44-38-28-26-23-20-17-14-11-7-2/h23,26,28,38,82-85,90H,6-22,24-25,27,29-37,39-81H2,1-5H3,(H,95,96)(H,97,98)/b26-23-,38-28-/t82?,83-,84+,85+/m0/s1. The molecule has 0 bridgehead atoms. The van der Waals surface area contributed by atoms with Crippen molar-refractivity contribution < 1.29 is 80.2 Å². The van der Waals surface area contributed by atoms with Gasteiger partial charge in [0, 0.05) is 25.7 Å². The van der Waals surface area contributed by atoms with E-state index in [0.717, 1.165) is 109 Å². The second-order valence-electron chi connectivity index (χ2n) is 31.5. The Morgan fingerprint density at radius 1 is 0.296 bits per heavy atom. The third kappa shape index (κ3) is 80.2. The van der Waals surface area contributed by atoms with Gasteiger partial charge in [0.1, 0.15) is 19.3 Å². The minimum atomic E-state index is -4.97. The first-order valence-electron chi connectivity index (χ1n) is 45.5. The van der Waals surface area contributed by atoms with Gasteiger partial charge in [-0.25, -0.2) is 9.13 Å². The number of esters is 4. The zero-order valence-electron chi connectivity index (χ0n) is 70.5. The maximum atomic E-state index is 13.2. The summed E-state index contributed by atoms with van der Waals surface area (Å²) in [5.41, 5.74) is 0. The highest BCUT2D eigenvalue weighted by atomic mass is 31.2. The van der Waals surface area contributed by atoms with Crippen molar-refractivity contribution in [3.8, 4) is 0 Å². The Balaban J connectivity index is 5.25. The van der Waals surface area contributed by atoms with Gasteiger partial charge in [0.25, 0.3) is 0 Å². The molecule has 0 aromatic carbocycles. The maximum Gasteiger partial charge on any atom is 0.472 e. The van der Waals surface area contributed by atoms with Gasteiger partial charge in [-0.05, 0) is 57.3 Å². The largest absolute Gasteiger partial charge is 0.472 e. The van der Waals surface area contributed by atoms with Crippen LogP contribution in [-0.4, -0.2) is 96.7 Å². The lowest BCUT2D eigenvalue weighted by Crippen LogP contribution is -2.30. The van der Waals surface area contributed by atoms with Gasteiger partial charge < -0.3 is 33.8 Å². The number of hydrogen-bond acceptors (Lipinski definition) is 15. The number of phosphoric ester groups is 2. The van der Waals surface area contributed by atoms with Crippen molar-refractivity contribution >= 4 is 39.5 Å². The Labute approximate surface area is 663 Å². The van der Waals surface area contributed by atoms with Gasteiger partial charge in [-0.1, -0.05) is 406 Å². The lowest BCUT2D eigenvalue weighted by Gasteiger charge is -2.21. The molecule has 0 aliphatic carbocycles. The molecule has 0 aliphatic heterocycles. The highest BCUT2D eigenvalue weighted by Crippen LogP contribution is 2.45. The second-order valence-corrected chi connectivity index (χ2v) is 34.5. The van der Waals surface area contributed by atoms with E-state index in [4.69, 9.17) is 37.0 Å².